The number of piperidine rings is 1. The molecule has 8 heteroatoms. The van der Waals surface area contributed by atoms with Crippen LogP contribution in [0.25, 0.3) is 0 Å². The maximum Gasteiger partial charge on any atom is 0.306 e. The predicted molar refractivity (Wildman–Crippen MR) is 98.7 cm³/mol. The second kappa shape index (κ2) is 7.38. The number of carboxylic acid groups (broad SMARTS) is 1. The Balaban J connectivity index is 1.75. The van der Waals surface area contributed by atoms with Gasteiger partial charge < -0.3 is 21.1 Å². The molecule has 1 fully saturated rings. The SMILES string of the molecule is CC(=O)c1ccc(Nc2ncnc(N3CCC(C(=O)O)CC3)c2N)cc1. The van der Waals surface area contributed by atoms with Crippen LogP contribution in [-0.4, -0.2) is 39.9 Å². The van der Waals surface area contributed by atoms with Crippen molar-refractivity contribution in [2.75, 3.05) is 29.0 Å². The first-order valence-corrected chi connectivity index (χ1v) is 8.42. The molecule has 0 amide bonds. The number of rotatable bonds is 5. The number of benzene rings is 1. The largest absolute Gasteiger partial charge is 0.481 e. The van der Waals surface area contributed by atoms with Crippen LogP contribution in [0.1, 0.15) is 30.1 Å². The van der Waals surface area contributed by atoms with Crippen LogP contribution >= 0.6 is 0 Å². The van der Waals surface area contributed by atoms with Gasteiger partial charge >= 0.3 is 5.97 Å². The molecule has 0 bridgehead atoms. The van der Waals surface area contributed by atoms with Crippen molar-refractivity contribution in [3.05, 3.63) is 36.2 Å². The molecule has 136 valence electrons. The molecule has 4 N–H and O–H groups in total. The van der Waals surface area contributed by atoms with E-state index in [1.165, 1.54) is 13.3 Å². The number of nitrogen functional groups attached to an aromatic ring is 1. The summed E-state index contributed by atoms with van der Waals surface area (Å²) in [7, 11) is 0. The third-order valence-corrected chi connectivity index (χ3v) is 4.56. The molecular formula is C18H21N5O3. The van der Waals surface area contributed by atoms with Gasteiger partial charge in [-0.2, -0.15) is 0 Å². The molecule has 3 rings (SSSR count). The molecule has 0 spiro atoms. The van der Waals surface area contributed by atoms with Crippen LogP contribution in [0.4, 0.5) is 23.0 Å². The smallest absolute Gasteiger partial charge is 0.306 e. The number of nitrogens with two attached hydrogens (primary N) is 1. The molecule has 0 saturated carbocycles. The molecule has 1 aromatic carbocycles. The average molecular weight is 355 g/mol. The lowest BCUT2D eigenvalue weighted by Crippen LogP contribution is -2.37. The first-order chi connectivity index (χ1) is 12.5. The zero-order valence-corrected chi connectivity index (χ0v) is 14.5. The number of nitrogens with zero attached hydrogens (tertiary/aromatic N) is 3. The second-order valence-corrected chi connectivity index (χ2v) is 6.32. The van der Waals surface area contributed by atoms with Crippen molar-refractivity contribution in [1.29, 1.82) is 0 Å². The van der Waals surface area contributed by atoms with Crippen molar-refractivity contribution >= 4 is 34.8 Å². The highest BCUT2D eigenvalue weighted by atomic mass is 16.4. The first kappa shape index (κ1) is 17.7. The lowest BCUT2D eigenvalue weighted by Gasteiger charge is -2.31. The fourth-order valence-corrected chi connectivity index (χ4v) is 3.00. The number of anilines is 4. The summed E-state index contributed by atoms with van der Waals surface area (Å²) in [6.45, 7) is 2.69. The summed E-state index contributed by atoms with van der Waals surface area (Å²) < 4.78 is 0. The third kappa shape index (κ3) is 3.74. The number of hydrogen-bond donors (Lipinski definition) is 3. The Bertz CT molecular complexity index is 814. The molecule has 0 aliphatic carbocycles. The van der Waals surface area contributed by atoms with E-state index in [2.05, 4.69) is 15.3 Å². The standard InChI is InChI=1S/C18H21N5O3/c1-11(24)12-2-4-14(5-3-12)22-16-15(19)17(21-10-20-16)23-8-6-13(7-9-23)18(25)26/h2-5,10,13H,6-9,19H2,1H3,(H,25,26)(H,20,21,22). The molecule has 26 heavy (non-hydrogen) atoms. The highest BCUT2D eigenvalue weighted by molar-refractivity contribution is 5.94. The summed E-state index contributed by atoms with van der Waals surface area (Å²) in [5, 5.41) is 12.2. The maximum absolute atomic E-state index is 11.4. The second-order valence-electron chi connectivity index (χ2n) is 6.32. The van der Waals surface area contributed by atoms with Gasteiger partial charge in [0.25, 0.3) is 0 Å². The molecule has 0 radical (unpaired) electrons. The lowest BCUT2D eigenvalue weighted by molar-refractivity contribution is -0.142. The Hall–Kier alpha value is -3.16. The van der Waals surface area contributed by atoms with E-state index >= 15 is 0 Å². The highest BCUT2D eigenvalue weighted by Crippen LogP contribution is 2.31. The minimum absolute atomic E-state index is 0.00477. The van der Waals surface area contributed by atoms with E-state index < -0.39 is 5.97 Å². The molecule has 1 aliphatic rings. The summed E-state index contributed by atoms with van der Waals surface area (Å²) in [5.74, 6) is 0.0196. The minimum Gasteiger partial charge on any atom is -0.481 e. The zero-order chi connectivity index (χ0) is 18.7. The van der Waals surface area contributed by atoms with Gasteiger partial charge in [0.15, 0.2) is 17.4 Å². The molecule has 1 saturated heterocycles. The molecule has 1 aromatic heterocycles. The van der Waals surface area contributed by atoms with Gasteiger partial charge in [-0.05, 0) is 44.0 Å². The fourth-order valence-electron chi connectivity index (χ4n) is 3.00. The van der Waals surface area contributed by atoms with Crippen molar-refractivity contribution < 1.29 is 14.7 Å². The lowest BCUT2D eigenvalue weighted by atomic mass is 9.97. The number of hydrogen-bond acceptors (Lipinski definition) is 7. The summed E-state index contributed by atoms with van der Waals surface area (Å²) >= 11 is 0. The van der Waals surface area contributed by atoms with E-state index in [9.17, 15) is 9.59 Å². The maximum atomic E-state index is 11.4. The molecule has 2 aromatic rings. The Morgan fingerprint density at radius 3 is 2.42 bits per heavy atom. The van der Waals surface area contributed by atoms with Crippen LogP contribution in [0, 0.1) is 5.92 Å². The van der Waals surface area contributed by atoms with Gasteiger partial charge in [0.2, 0.25) is 0 Å². The number of carboxylic acids is 1. The monoisotopic (exact) mass is 355 g/mol. The quantitative estimate of drug-likeness (QED) is 0.699. The number of carbonyl (C=O) groups excluding carboxylic acids is 1. The van der Waals surface area contributed by atoms with Crippen molar-refractivity contribution in [3.63, 3.8) is 0 Å². The van der Waals surface area contributed by atoms with Crippen LogP contribution in [-0.2, 0) is 4.79 Å². The van der Waals surface area contributed by atoms with Crippen LogP contribution in [0.3, 0.4) is 0 Å². The van der Waals surface area contributed by atoms with Gasteiger partial charge in [-0.3, -0.25) is 9.59 Å². The topological polar surface area (TPSA) is 121 Å². The third-order valence-electron chi connectivity index (χ3n) is 4.56. The van der Waals surface area contributed by atoms with Gasteiger partial charge in [0.05, 0.1) is 5.92 Å². The zero-order valence-electron chi connectivity index (χ0n) is 14.5. The molecule has 2 heterocycles. The summed E-state index contributed by atoms with van der Waals surface area (Å²) in [6, 6.07) is 7.05. The van der Waals surface area contributed by atoms with E-state index in [1.54, 1.807) is 24.3 Å². The highest BCUT2D eigenvalue weighted by Gasteiger charge is 2.26. The van der Waals surface area contributed by atoms with Crippen LogP contribution in [0.15, 0.2) is 30.6 Å². The molecule has 1 aliphatic heterocycles. The van der Waals surface area contributed by atoms with E-state index in [4.69, 9.17) is 10.8 Å². The number of Topliss-reactive ketones (excluding diaryl/α,β-unsaturated/α-hetero) is 1. The van der Waals surface area contributed by atoms with Gasteiger partial charge in [-0.25, -0.2) is 9.97 Å². The first-order valence-electron chi connectivity index (χ1n) is 8.42. The van der Waals surface area contributed by atoms with E-state index in [1.807, 2.05) is 4.90 Å². The molecule has 0 atom stereocenters. The van der Waals surface area contributed by atoms with Crippen molar-refractivity contribution in [1.82, 2.24) is 9.97 Å². The van der Waals surface area contributed by atoms with E-state index in [-0.39, 0.29) is 11.7 Å². The Labute approximate surface area is 151 Å². The van der Waals surface area contributed by atoms with Gasteiger partial charge in [-0.15, -0.1) is 0 Å². The van der Waals surface area contributed by atoms with Crippen molar-refractivity contribution in [2.24, 2.45) is 5.92 Å². The summed E-state index contributed by atoms with van der Waals surface area (Å²) in [6.07, 6.45) is 2.56. The van der Waals surface area contributed by atoms with Gasteiger partial charge in [-0.1, -0.05) is 0 Å². The number of aliphatic carboxylic acids is 1. The Morgan fingerprint density at radius 1 is 1.19 bits per heavy atom. The molecule has 8 nitrogen and oxygen atoms in total. The van der Waals surface area contributed by atoms with Gasteiger partial charge in [0.1, 0.15) is 12.0 Å². The van der Waals surface area contributed by atoms with E-state index in [0.29, 0.717) is 48.8 Å². The van der Waals surface area contributed by atoms with E-state index in [0.717, 1.165) is 5.69 Å². The summed E-state index contributed by atoms with van der Waals surface area (Å²) in [5.41, 5.74) is 8.04. The Morgan fingerprint density at radius 2 is 1.85 bits per heavy atom. The van der Waals surface area contributed by atoms with Gasteiger partial charge in [0, 0.05) is 24.3 Å². The normalized spacial score (nSPS) is 14.9. The van der Waals surface area contributed by atoms with Crippen molar-refractivity contribution in [3.8, 4) is 0 Å². The van der Waals surface area contributed by atoms with Crippen LogP contribution in [0.2, 0.25) is 0 Å². The number of carbonyl (C=O) groups is 2. The number of nitrogens with one attached hydrogen (secondary N) is 1. The molecule has 0 unspecified atom stereocenters. The molecular weight excluding hydrogens is 334 g/mol. The average Bonchev–Trinajstić information content (AvgIpc) is 2.64. The number of ketones is 1. The predicted octanol–water partition coefficient (Wildman–Crippen LogP) is 2.31. The summed E-state index contributed by atoms with van der Waals surface area (Å²) in [4.78, 5) is 32.9. The van der Waals surface area contributed by atoms with Crippen LogP contribution < -0.4 is 16.0 Å². The fraction of sp³-hybridized carbons (Fsp3) is 0.333. The Kier molecular flexibility index (Phi) is 5.01. The minimum atomic E-state index is -0.753. The number of aromatic nitrogens is 2. The van der Waals surface area contributed by atoms with Crippen LogP contribution in [0.5, 0.6) is 0 Å². The van der Waals surface area contributed by atoms with Crippen molar-refractivity contribution in [2.45, 2.75) is 19.8 Å².